The zero-order valence-electron chi connectivity index (χ0n) is 7.15. The van der Waals surface area contributed by atoms with Crippen molar-refractivity contribution in [2.24, 2.45) is 4.99 Å². The van der Waals surface area contributed by atoms with Crippen LogP contribution < -0.4 is 10.9 Å². The largest absolute Gasteiger partial charge is 0.304 e. The average molecular weight is 153 g/mol. The molecular formula is C8H15N3. The van der Waals surface area contributed by atoms with Gasteiger partial charge in [-0.25, -0.2) is 10.4 Å². The first kappa shape index (κ1) is 8.27. The lowest BCUT2D eigenvalue weighted by Crippen LogP contribution is -2.34. The van der Waals surface area contributed by atoms with Crippen LogP contribution >= 0.6 is 0 Å². The van der Waals surface area contributed by atoms with E-state index in [1.54, 1.807) is 0 Å². The summed E-state index contributed by atoms with van der Waals surface area (Å²) in [7, 11) is 0. The molecule has 1 aliphatic rings. The van der Waals surface area contributed by atoms with Gasteiger partial charge in [-0.3, -0.25) is 0 Å². The normalized spacial score (nSPS) is 22.7. The van der Waals surface area contributed by atoms with Gasteiger partial charge in [-0.1, -0.05) is 20.4 Å². The number of nitrogens with one attached hydrogen (secondary N) is 2. The van der Waals surface area contributed by atoms with Crippen molar-refractivity contribution in [3.8, 4) is 0 Å². The standard InChI is InChI=1S/C8H15N3/c1-4-6(3)8-9-7(5-2)10-11-8/h7,10H,3-5H2,1-2H3,(H,9,11). The molecule has 1 aliphatic heterocycles. The second-order valence-electron chi connectivity index (χ2n) is 2.63. The van der Waals surface area contributed by atoms with Gasteiger partial charge in [0.25, 0.3) is 0 Å². The predicted molar refractivity (Wildman–Crippen MR) is 47.2 cm³/mol. The molecule has 2 N–H and O–H groups in total. The summed E-state index contributed by atoms with van der Waals surface area (Å²) >= 11 is 0. The van der Waals surface area contributed by atoms with Crippen LogP contribution in [-0.2, 0) is 0 Å². The van der Waals surface area contributed by atoms with E-state index in [4.69, 9.17) is 0 Å². The Morgan fingerprint density at radius 3 is 2.82 bits per heavy atom. The molecule has 1 atom stereocenters. The van der Waals surface area contributed by atoms with Crippen LogP contribution in [0.1, 0.15) is 26.7 Å². The molecule has 0 saturated carbocycles. The van der Waals surface area contributed by atoms with Gasteiger partial charge in [0.2, 0.25) is 0 Å². The van der Waals surface area contributed by atoms with Crippen molar-refractivity contribution in [2.75, 3.05) is 0 Å². The number of hydrogen-bond acceptors (Lipinski definition) is 3. The van der Waals surface area contributed by atoms with Gasteiger partial charge in [0.1, 0.15) is 12.0 Å². The van der Waals surface area contributed by atoms with Crippen molar-refractivity contribution in [2.45, 2.75) is 32.9 Å². The third-order valence-electron chi connectivity index (χ3n) is 1.79. The second kappa shape index (κ2) is 3.53. The summed E-state index contributed by atoms with van der Waals surface area (Å²) in [5.74, 6) is 0.916. The Balaban J connectivity index is 2.54. The predicted octanol–water partition coefficient (Wildman–Crippen LogP) is 1.19. The second-order valence-corrected chi connectivity index (χ2v) is 2.63. The smallest absolute Gasteiger partial charge is 0.139 e. The van der Waals surface area contributed by atoms with E-state index >= 15 is 0 Å². The molecule has 11 heavy (non-hydrogen) atoms. The highest BCUT2D eigenvalue weighted by Crippen LogP contribution is 2.05. The van der Waals surface area contributed by atoms with Gasteiger partial charge in [0.05, 0.1) is 0 Å². The molecule has 0 aromatic rings. The maximum absolute atomic E-state index is 4.37. The van der Waals surface area contributed by atoms with Crippen molar-refractivity contribution in [3.63, 3.8) is 0 Å². The summed E-state index contributed by atoms with van der Waals surface area (Å²) in [5.41, 5.74) is 7.13. The highest BCUT2D eigenvalue weighted by atomic mass is 15.5. The topological polar surface area (TPSA) is 36.4 Å². The Labute approximate surface area is 67.6 Å². The number of aliphatic imine (C=N–C) groups is 1. The van der Waals surface area contributed by atoms with Gasteiger partial charge in [0, 0.05) is 0 Å². The summed E-state index contributed by atoms with van der Waals surface area (Å²) in [6.07, 6.45) is 2.19. The third kappa shape index (κ3) is 1.80. The van der Waals surface area contributed by atoms with E-state index < -0.39 is 0 Å². The van der Waals surface area contributed by atoms with E-state index in [9.17, 15) is 0 Å². The van der Waals surface area contributed by atoms with Crippen molar-refractivity contribution < 1.29 is 0 Å². The molecule has 3 heteroatoms. The fourth-order valence-electron chi connectivity index (χ4n) is 0.913. The average Bonchev–Trinajstić information content (AvgIpc) is 2.50. The fourth-order valence-corrected chi connectivity index (χ4v) is 0.913. The van der Waals surface area contributed by atoms with Crippen LogP contribution in [0.15, 0.2) is 17.1 Å². The summed E-state index contributed by atoms with van der Waals surface area (Å²) < 4.78 is 0. The molecule has 62 valence electrons. The van der Waals surface area contributed by atoms with E-state index in [2.05, 4.69) is 36.3 Å². The number of hydrazine groups is 1. The number of hydrogen-bond donors (Lipinski definition) is 2. The molecule has 0 amide bonds. The lowest BCUT2D eigenvalue weighted by atomic mass is 10.2. The van der Waals surface area contributed by atoms with Gasteiger partial charge in [0.15, 0.2) is 0 Å². The van der Waals surface area contributed by atoms with Crippen LogP contribution in [0, 0.1) is 0 Å². The fraction of sp³-hybridized carbons (Fsp3) is 0.625. The van der Waals surface area contributed by atoms with Crippen LogP contribution in [0.2, 0.25) is 0 Å². The van der Waals surface area contributed by atoms with Crippen LogP contribution in [-0.4, -0.2) is 12.0 Å². The van der Waals surface area contributed by atoms with Crippen molar-refractivity contribution in [1.82, 2.24) is 10.9 Å². The minimum Gasteiger partial charge on any atom is -0.304 e. The summed E-state index contributed by atoms with van der Waals surface area (Å²) in [6.45, 7) is 8.06. The Hall–Kier alpha value is -0.830. The maximum atomic E-state index is 4.37. The zero-order chi connectivity index (χ0) is 8.27. The molecule has 0 saturated heterocycles. The minimum atomic E-state index is 0.230. The molecule has 0 spiro atoms. The number of nitrogens with zero attached hydrogens (tertiary/aromatic N) is 1. The molecule has 0 fully saturated rings. The van der Waals surface area contributed by atoms with Gasteiger partial charge in [-0.2, -0.15) is 0 Å². The summed E-state index contributed by atoms with van der Waals surface area (Å²) in [4.78, 5) is 4.37. The molecule has 0 radical (unpaired) electrons. The SMILES string of the molecule is C=C(CC)C1=NC(CC)NN1. The van der Waals surface area contributed by atoms with E-state index in [1.807, 2.05) is 0 Å². The van der Waals surface area contributed by atoms with E-state index in [0.717, 1.165) is 24.3 Å². The molecule has 1 heterocycles. The molecule has 0 aliphatic carbocycles. The van der Waals surface area contributed by atoms with Crippen molar-refractivity contribution >= 4 is 5.84 Å². The highest BCUT2D eigenvalue weighted by Gasteiger charge is 2.14. The third-order valence-corrected chi connectivity index (χ3v) is 1.79. The molecule has 3 nitrogen and oxygen atoms in total. The quantitative estimate of drug-likeness (QED) is 0.639. The maximum Gasteiger partial charge on any atom is 0.139 e. The molecule has 0 aromatic carbocycles. The Morgan fingerprint density at radius 1 is 1.64 bits per heavy atom. The van der Waals surface area contributed by atoms with E-state index in [1.165, 1.54) is 0 Å². The number of rotatable bonds is 3. The summed E-state index contributed by atoms with van der Waals surface area (Å²) in [6, 6.07) is 0. The van der Waals surface area contributed by atoms with Gasteiger partial charge in [-0.05, 0) is 18.4 Å². The van der Waals surface area contributed by atoms with E-state index in [-0.39, 0.29) is 6.17 Å². The molecule has 1 unspecified atom stereocenters. The van der Waals surface area contributed by atoms with Gasteiger partial charge in [-0.15, -0.1) is 0 Å². The van der Waals surface area contributed by atoms with Crippen LogP contribution in [0.25, 0.3) is 0 Å². The van der Waals surface area contributed by atoms with Crippen LogP contribution in [0.5, 0.6) is 0 Å². The summed E-state index contributed by atoms with van der Waals surface area (Å²) in [5, 5.41) is 0. The molecular weight excluding hydrogens is 138 g/mol. The van der Waals surface area contributed by atoms with Gasteiger partial charge < -0.3 is 5.43 Å². The molecule has 0 aromatic heterocycles. The van der Waals surface area contributed by atoms with Crippen molar-refractivity contribution in [3.05, 3.63) is 12.2 Å². The first-order valence-corrected chi connectivity index (χ1v) is 4.05. The first-order valence-electron chi connectivity index (χ1n) is 4.05. The van der Waals surface area contributed by atoms with Crippen molar-refractivity contribution in [1.29, 1.82) is 0 Å². The Bertz CT molecular complexity index is 184. The lowest BCUT2D eigenvalue weighted by molar-refractivity contribution is 0.533. The monoisotopic (exact) mass is 153 g/mol. The van der Waals surface area contributed by atoms with E-state index in [0.29, 0.717) is 0 Å². The minimum absolute atomic E-state index is 0.230. The Morgan fingerprint density at radius 2 is 2.36 bits per heavy atom. The Kier molecular flexibility index (Phi) is 2.65. The molecule has 0 bridgehead atoms. The lowest BCUT2D eigenvalue weighted by Gasteiger charge is -2.02. The highest BCUT2D eigenvalue weighted by molar-refractivity contribution is 5.98. The number of amidine groups is 1. The van der Waals surface area contributed by atoms with Gasteiger partial charge >= 0.3 is 0 Å². The first-order chi connectivity index (χ1) is 5.27. The van der Waals surface area contributed by atoms with Crippen LogP contribution in [0.3, 0.4) is 0 Å². The zero-order valence-corrected chi connectivity index (χ0v) is 7.15. The molecule has 1 rings (SSSR count). The van der Waals surface area contributed by atoms with Crippen LogP contribution in [0.4, 0.5) is 0 Å².